The number of nitrogens with zero attached hydrogens (tertiary/aromatic N) is 2. The van der Waals surface area contributed by atoms with Gasteiger partial charge in [-0.05, 0) is 40.8 Å². The van der Waals surface area contributed by atoms with Crippen LogP contribution >= 0.6 is 24.0 Å². The Kier molecular flexibility index (Phi) is 13.2. The zero-order chi connectivity index (χ0) is 17.2. The van der Waals surface area contributed by atoms with E-state index in [-0.39, 0.29) is 29.6 Å². The molecule has 0 spiro atoms. The van der Waals surface area contributed by atoms with Gasteiger partial charge in [-0.2, -0.15) is 13.2 Å². The van der Waals surface area contributed by atoms with Crippen molar-refractivity contribution in [1.29, 1.82) is 0 Å². The molecule has 0 radical (unpaired) electrons. The van der Waals surface area contributed by atoms with Crippen LogP contribution in [0.25, 0.3) is 0 Å². The van der Waals surface area contributed by atoms with Crippen molar-refractivity contribution in [3.05, 3.63) is 0 Å². The van der Waals surface area contributed by atoms with Crippen LogP contribution in [0, 0.1) is 0 Å². The number of hydrogen-bond acceptors (Lipinski definition) is 3. The normalized spacial score (nSPS) is 13.0. The van der Waals surface area contributed by atoms with Crippen molar-refractivity contribution in [2.45, 2.75) is 39.0 Å². The van der Waals surface area contributed by atoms with Crippen molar-refractivity contribution in [3.63, 3.8) is 0 Å². The maximum absolute atomic E-state index is 12.2. The molecule has 140 valence electrons. The highest BCUT2D eigenvalue weighted by Crippen LogP contribution is 2.15. The molecule has 0 saturated heterocycles. The molecule has 0 atom stereocenters. The number of ether oxygens (including phenoxy) is 1. The van der Waals surface area contributed by atoms with Crippen molar-refractivity contribution in [2.75, 3.05) is 46.9 Å². The summed E-state index contributed by atoms with van der Waals surface area (Å²) in [6.45, 7) is 7.08. The Morgan fingerprint density at radius 1 is 1.22 bits per heavy atom. The highest BCUT2D eigenvalue weighted by Gasteiger charge is 2.28. The first-order chi connectivity index (χ1) is 10.1. The number of nitrogens with one attached hydrogen (secondary N) is 2. The Balaban J connectivity index is 0. The van der Waals surface area contributed by atoms with Gasteiger partial charge >= 0.3 is 6.18 Å². The number of alkyl halides is 3. The van der Waals surface area contributed by atoms with Gasteiger partial charge < -0.3 is 15.4 Å². The fourth-order valence-corrected chi connectivity index (χ4v) is 1.62. The molecule has 0 amide bonds. The molecule has 0 rings (SSSR count). The van der Waals surface area contributed by atoms with E-state index in [1.165, 1.54) is 11.9 Å². The second-order valence-electron chi connectivity index (χ2n) is 5.79. The maximum Gasteiger partial charge on any atom is 0.401 e. The van der Waals surface area contributed by atoms with Crippen LogP contribution in [0.15, 0.2) is 4.99 Å². The summed E-state index contributed by atoms with van der Waals surface area (Å²) < 4.78 is 41.9. The van der Waals surface area contributed by atoms with E-state index in [1.54, 1.807) is 7.11 Å². The third-order valence-corrected chi connectivity index (χ3v) is 2.97. The van der Waals surface area contributed by atoms with Crippen LogP contribution < -0.4 is 10.6 Å². The lowest BCUT2D eigenvalue weighted by Gasteiger charge is -2.21. The zero-order valence-corrected chi connectivity index (χ0v) is 16.9. The Hall–Kier alpha value is -0.290. The molecular weight excluding hydrogens is 424 g/mol. The quantitative estimate of drug-likeness (QED) is 0.243. The summed E-state index contributed by atoms with van der Waals surface area (Å²) >= 11 is 0. The van der Waals surface area contributed by atoms with Crippen molar-refractivity contribution < 1.29 is 17.9 Å². The molecule has 0 aromatic heterocycles. The molecule has 9 heteroatoms. The van der Waals surface area contributed by atoms with Gasteiger partial charge in [-0.3, -0.25) is 9.89 Å². The summed E-state index contributed by atoms with van der Waals surface area (Å²) in [6, 6.07) is 0. The average molecular weight is 454 g/mol. The zero-order valence-electron chi connectivity index (χ0n) is 14.6. The summed E-state index contributed by atoms with van der Waals surface area (Å²) in [5.74, 6) is 0.645. The molecule has 0 fully saturated rings. The molecule has 2 N–H and O–H groups in total. The van der Waals surface area contributed by atoms with E-state index < -0.39 is 12.7 Å². The maximum atomic E-state index is 12.2. The van der Waals surface area contributed by atoms with Crippen LogP contribution in [0.4, 0.5) is 13.2 Å². The fraction of sp³-hybridized carbons (Fsp3) is 0.929. The lowest BCUT2D eigenvalue weighted by atomic mass is 10.1. The minimum atomic E-state index is -4.15. The van der Waals surface area contributed by atoms with Gasteiger partial charge in [-0.15, -0.1) is 24.0 Å². The lowest BCUT2D eigenvalue weighted by molar-refractivity contribution is -0.143. The van der Waals surface area contributed by atoms with E-state index in [1.807, 2.05) is 20.8 Å². The molecule has 0 aliphatic carbocycles. The molecular formula is C14H30F3IN4O. The molecule has 5 nitrogen and oxygen atoms in total. The van der Waals surface area contributed by atoms with Gasteiger partial charge in [0, 0.05) is 20.2 Å². The molecule has 0 heterocycles. The van der Waals surface area contributed by atoms with Crippen molar-refractivity contribution in [1.82, 2.24) is 15.5 Å². The second kappa shape index (κ2) is 12.1. The van der Waals surface area contributed by atoms with Crippen LogP contribution in [0.1, 0.15) is 27.2 Å². The van der Waals surface area contributed by atoms with Gasteiger partial charge in [0.25, 0.3) is 0 Å². The molecule has 0 aromatic carbocycles. The van der Waals surface area contributed by atoms with Crippen LogP contribution in [-0.2, 0) is 4.74 Å². The number of methoxy groups -OCH3 is 1. The highest BCUT2D eigenvalue weighted by atomic mass is 127. The van der Waals surface area contributed by atoms with E-state index in [0.717, 1.165) is 0 Å². The van der Waals surface area contributed by atoms with E-state index in [0.29, 0.717) is 38.6 Å². The van der Waals surface area contributed by atoms with Gasteiger partial charge in [0.1, 0.15) is 0 Å². The van der Waals surface area contributed by atoms with Crippen LogP contribution in [-0.4, -0.2) is 69.5 Å². The molecule has 23 heavy (non-hydrogen) atoms. The monoisotopic (exact) mass is 454 g/mol. The predicted molar refractivity (Wildman–Crippen MR) is 98.7 cm³/mol. The smallest absolute Gasteiger partial charge is 0.377 e. The lowest BCUT2D eigenvalue weighted by Crippen LogP contribution is -2.40. The number of aliphatic imine (C=N–C) groups is 1. The van der Waals surface area contributed by atoms with Crippen LogP contribution in [0.3, 0.4) is 0 Å². The van der Waals surface area contributed by atoms with E-state index in [9.17, 15) is 13.2 Å². The fourth-order valence-electron chi connectivity index (χ4n) is 1.62. The molecule has 0 unspecified atom stereocenters. The minimum absolute atomic E-state index is 0. The third kappa shape index (κ3) is 15.0. The summed E-state index contributed by atoms with van der Waals surface area (Å²) in [6.07, 6.45) is -3.55. The standard InChI is InChI=1S/C14H29F3N4O.HI/c1-6-18-12(20-10-13(2,3)22-5)19-8-7-9-21(4)11-14(15,16)17;/h6-11H2,1-5H3,(H2,18,19,20);1H. The highest BCUT2D eigenvalue weighted by molar-refractivity contribution is 14.0. The Morgan fingerprint density at radius 3 is 2.30 bits per heavy atom. The predicted octanol–water partition coefficient (Wildman–Crippen LogP) is 2.47. The number of rotatable bonds is 9. The molecule has 0 aromatic rings. The van der Waals surface area contributed by atoms with Gasteiger partial charge in [-0.1, -0.05) is 0 Å². The van der Waals surface area contributed by atoms with Crippen molar-refractivity contribution in [3.8, 4) is 0 Å². The average Bonchev–Trinajstić information content (AvgIpc) is 2.39. The Bertz CT molecular complexity index is 338. The number of guanidine groups is 1. The summed E-state index contributed by atoms with van der Waals surface area (Å²) in [5, 5.41) is 6.21. The molecule has 0 saturated carbocycles. The van der Waals surface area contributed by atoms with E-state index >= 15 is 0 Å². The van der Waals surface area contributed by atoms with Gasteiger partial charge in [0.2, 0.25) is 0 Å². The SMILES string of the molecule is CCNC(=NCC(C)(C)OC)NCCCN(C)CC(F)(F)F.I. The number of halogens is 4. The largest absolute Gasteiger partial charge is 0.401 e. The summed E-state index contributed by atoms with van der Waals surface area (Å²) in [7, 11) is 3.10. The van der Waals surface area contributed by atoms with Gasteiger partial charge in [0.15, 0.2) is 5.96 Å². The van der Waals surface area contributed by atoms with E-state index in [2.05, 4.69) is 15.6 Å². The topological polar surface area (TPSA) is 48.9 Å². The van der Waals surface area contributed by atoms with Crippen molar-refractivity contribution in [2.24, 2.45) is 4.99 Å². The summed E-state index contributed by atoms with van der Waals surface area (Å²) in [5.41, 5.74) is -0.352. The molecule has 0 aliphatic heterocycles. The van der Waals surface area contributed by atoms with E-state index in [4.69, 9.17) is 4.74 Å². The van der Waals surface area contributed by atoms with Crippen LogP contribution in [0.2, 0.25) is 0 Å². The first-order valence-corrected chi connectivity index (χ1v) is 7.42. The Labute approximate surface area is 154 Å². The molecule has 0 aliphatic rings. The molecule has 0 bridgehead atoms. The minimum Gasteiger partial charge on any atom is -0.377 e. The first kappa shape index (κ1) is 25.0. The summed E-state index contributed by atoms with van der Waals surface area (Å²) in [4.78, 5) is 5.67. The first-order valence-electron chi connectivity index (χ1n) is 7.42. The van der Waals surface area contributed by atoms with Crippen molar-refractivity contribution >= 4 is 29.9 Å². The third-order valence-electron chi connectivity index (χ3n) is 2.97. The van der Waals surface area contributed by atoms with Gasteiger partial charge in [0.05, 0.1) is 18.7 Å². The van der Waals surface area contributed by atoms with Gasteiger partial charge in [-0.25, -0.2) is 0 Å². The second-order valence-corrected chi connectivity index (χ2v) is 5.79. The number of hydrogen-bond donors (Lipinski definition) is 2. The Morgan fingerprint density at radius 2 is 1.83 bits per heavy atom. The van der Waals surface area contributed by atoms with Crippen LogP contribution in [0.5, 0.6) is 0 Å².